The monoisotopic (exact) mass is 558 g/mol. The van der Waals surface area contributed by atoms with Crippen molar-refractivity contribution >= 4 is 27.9 Å². The zero-order chi connectivity index (χ0) is 27.5. The van der Waals surface area contributed by atoms with Crippen molar-refractivity contribution in [3.05, 3.63) is 90.5 Å². The number of hydrogen-bond donors (Lipinski definition) is 2. The average Bonchev–Trinajstić information content (AvgIpc) is 2.92. The molecule has 0 aliphatic rings. The van der Waals surface area contributed by atoms with E-state index in [2.05, 4.69) is 5.32 Å². The normalized spacial score (nSPS) is 13.2. The summed E-state index contributed by atoms with van der Waals surface area (Å²) in [5.74, 6) is 0.538. The van der Waals surface area contributed by atoms with Gasteiger partial charge in [-0.25, -0.2) is 13.2 Å². The van der Waals surface area contributed by atoms with Crippen LogP contribution >= 0.6 is 11.8 Å². The highest BCUT2D eigenvalue weighted by Gasteiger charge is 2.32. The molecular weight excluding hydrogens is 524 g/mol. The number of aliphatic hydroxyl groups is 1. The molecule has 2 N–H and O–H groups in total. The van der Waals surface area contributed by atoms with Gasteiger partial charge in [-0.3, -0.25) is 0 Å². The van der Waals surface area contributed by atoms with Crippen LogP contribution in [0.3, 0.4) is 0 Å². The largest absolute Gasteiger partial charge is 0.497 e. The number of methoxy groups -OCH3 is 1. The lowest BCUT2D eigenvalue weighted by Crippen LogP contribution is -2.48. The second-order valence-electron chi connectivity index (χ2n) is 9.02. The highest BCUT2D eigenvalue weighted by molar-refractivity contribution is 8.00. The molecule has 0 saturated heterocycles. The zero-order valence-electron chi connectivity index (χ0n) is 21.7. The number of thioether (sulfide) groups is 1. The molecule has 0 bridgehead atoms. The van der Waals surface area contributed by atoms with E-state index >= 15 is 0 Å². The number of benzene rings is 3. The van der Waals surface area contributed by atoms with Crippen LogP contribution in [0.25, 0.3) is 0 Å². The minimum Gasteiger partial charge on any atom is -0.497 e. The lowest BCUT2D eigenvalue weighted by Gasteiger charge is -2.30. The highest BCUT2D eigenvalue weighted by Crippen LogP contribution is 2.26. The van der Waals surface area contributed by atoms with E-state index in [9.17, 15) is 18.3 Å². The minimum absolute atomic E-state index is 0.000698. The molecule has 1 amide bonds. The fourth-order valence-electron chi connectivity index (χ4n) is 3.61. The number of nitrogens with zero attached hydrogens (tertiary/aromatic N) is 1. The molecule has 0 aromatic heterocycles. The number of sulfonamides is 1. The Hall–Kier alpha value is -3.05. The summed E-state index contributed by atoms with van der Waals surface area (Å²) in [5.41, 5.74) is 0.823. The first-order valence-electron chi connectivity index (χ1n) is 12.2. The predicted molar refractivity (Wildman–Crippen MR) is 148 cm³/mol. The van der Waals surface area contributed by atoms with Gasteiger partial charge in [0, 0.05) is 18.0 Å². The second-order valence-corrected chi connectivity index (χ2v) is 12.2. The Bertz CT molecular complexity index is 1240. The van der Waals surface area contributed by atoms with Gasteiger partial charge >= 0.3 is 6.09 Å². The third-order valence-corrected chi connectivity index (χ3v) is 8.56. The Morgan fingerprint density at radius 2 is 1.55 bits per heavy atom. The van der Waals surface area contributed by atoms with Gasteiger partial charge in [0.25, 0.3) is 0 Å². The maximum Gasteiger partial charge on any atom is 0.408 e. The molecule has 2 unspecified atom stereocenters. The lowest BCUT2D eigenvalue weighted by molar-refractivity contribution is 0.109. The van der Waals surface area contributed by atoms with Gasteiger partial charge in [0.15, 0.2) is 0 Å². The number of alkyl carbamates (subject to hydrolysis) is 1. The Balaban J connectivity index is 1.79. The number of aliphatic hydroxyl groups excluding tert-OH is 1. The van der Waals surface area contributed by atoms with E-state index in [1.807, 2.05) is 74.5 Å². The summed E-state index contributed by atoms with van der Waals surface area (Å²) in [6.07, 6.45) is -1.95. The Labute approximate surface area is 229 Å². The van der Waals surface area contributed by atoms with E-state index in [0.29, 0.717) is 5.75 Å². The summed E-state index contributed by atoms with van der Waals surface area (Å²) in [7, 11) is -2.43. The van der Waals surface area contributed by atoms with Crippen LogP contribution in [-0.2, 0) is 21.4 Å². The van der Waals surface area contributed by atoms with Crippen LogP contribution in [0.5, 0.6) is 5.75 Å². The lowest BCUT2D eigenvalue weighted by atomic mass is 10.2. The Morgan fingerprint density at radius 3 is 2.13 bits per heavy atom. The molecule has 8 nitrogen and oxygen atoms in total. The smallest absolute Gasteiger partial charge is 0.408 e. The van der Waals surface area contributed by atoms with E-state index in [-0.39, 0.29) is 30.5 Å². The van der Waals surface area contributed by atoms with Crippen LogP contribution in [0.15, 0.2) is 94.7 Å². The van der Waals surface area contributed by atoms with Gasteiger partial charge in [0.05, 0.1) is 18.1 Å². The van der Waals surface area contributed by atoms with E-state index in [1.54, 1.807) is 12.1 Å². The topological polar surface area (TPSA) is 105 Å². The fraction of sp³-hybridized carbons (Fsp3) is 0.321. The molecule has 0 saturated carbocycles. The minimum atomic E-state index is -3.93. The molecule has 0 fully saturated rings. The molecule has 3 rings (SSSR count). The van der Waals surface area contributed by atoms with Crippen molar-refractivity contribution in [1.29, 1.82) is 0 Å². The number of carbonyl (C=O) groups excluding carboxylic acids is 1. The van der Waals surface area contributed by atoms with E-state index in [4.69, 9.17) is 9.47 Å². The van der Waals surface area contributed by atoms with Crippen molar-refractivity contribution in [3.63, 3.8) is 0 Å². The van der Waals surface area contributed by atoms with Crippen LogP contribution < -0.4 is 10.1 Å². The standard InChI is InChI=1S/C28H34N2O6S2/c1-21(2)18-30(38(33,34)25-16-14-23(35-3)15-17-25)19-26(31)27(37-24-12-8-5-9-13-24)29-28(32)36-20-22-10-6-4-7-11-22/h4-17,21,26-27,31H,18-20H2,1-3H3,(H,29,32). The van der Waals surface area contributed by atoms with Crippen molar-refractivity contribution < 1.29 is 27.8 Å². The summed E-state index contributed by atoms with van der Waals surface area (Å²) in [6, 6.07) is 24.6. The molecule has 38 heavy (non-hydrogen) atoms. The summed E-state index contributed by atoms with van der Waals surface area (Å²) >= 11 is 1.22. The number of rotatable bonds is 13. The van der Waals surface area contributed by atoms with Crippen LogP contribution in [-0.4, -0.2) is 55.6 Å². The maximum atomic E-state index is 13.5. The van der Waals surface area contributed by atoms with E-state index < -0.39 is 27.6 Å². The van der Waals surface area contributed by atoms with Gasteiger partial charge in [-0.1, -0.05) is 74.1 Å². The van der Waals surface area contributed by atoms with Crippen molar-refractivity contribution in [2.45, 2.75) is 41.7 Å². The molecule has 204 valence electrons. The summed E-state index contributed by atoms with van der Waals surface area (Å²) < 4.78 is 38.8. The second kappa shape index (κ2) is 14.2. The molecule has 0 aliphatic carbocycles. The molecule has 0 radical (unpaired) electrons. The van der Waals surface area contributed by atoms with Gasteiger partial charge in [0.2, 0.25) is 10.0 Å². The number of carbonyl (C=O) groups is 1. The van der Waals surface area contributed by atoms with Gasteiger partial charge < -0.3 is 19.9 Å². The highest BCUT2D eigenvalue weighted by atomic mass is 32.2. The SMILES string of the molecule is COc1ccc(S(=O)(=O)N(CC(C)C)CC(O)C(NC(=O)OCc2ccccc2)Sc2ccccc2)cc1. The van der Waals surface area contributed by atoms with Crippen molar-refractivity contribution in [2.75, 3.05) is 20.2 Å². The van der Waals surface area contributed by atoms with Crippen molar-refractivity contribution in [1.82, 2.24) is 9.62 Å². The first-order valence-corrected chi connectivity index (χ1v) is 14.5. The van der Waals surface area contributed by atoms with Gasteiger partial charge in [0.1, 0.15) is 17.7 Å². The van der Waals surface area contributed by atoms with Gasteiger partial charge in [-0.05, 0) is 47.9 Å². The average molecular weight is 559 g/mol. The fourth-order valence-corrected chi connectivity index (χ4v) is 6.24. The third-order valence-electron chi connectivity index (χ3n) is 5.49. The molecular formula is C28H34N2O6S2. The van der Waals surface area contributed by atoms with Crippen LogP contribution in [0.4, 0.5) is 4.79 Å². The molecule has 0 aliphatic heterocycles. The molecule has 3 aromatic rings. The number of nitrogens with one attached hydrogen (secondary N) is 1. The van der Waals surface area contributed by atoms with Crippen molar-refractivity contribution in [2.24, 2.45) is 5.92 Å². The molecule has 0 heterocycles. The molecule has 10 heteroatoms. The van der Waals surface area contributed by atoms with E-state index in [1.165, 1.54) is 35.3 Å². The van der Waals surface area contributed by atoms with Gasteiger partial charge in [-0.2, -0.15) is 4.31 Å². The summed E-state index contributed by atoms with van der Waals surface area (Å²) in [4.78, 5) is 13.6. The number of amides is 1. The number of ether oxygens (including phenoxy) is 2. The quantitative estimate of drug-likeness (QED) is 0.230. The zero-order valence-corrected chi connectivity index (χ0v) is 23.3. The maximum absolute atomic E-state index is 13.5. The molecule has 2 atom stereocenters. The van der Waals surface area contributed by atoms with Crippen LogP contribution in [0, 0.1) is 5.92 Å². The molecule has 0 spiro atoms. The predicted octanol–water partition coefficient (Wildman–Crippen LogP) is 4.75. The Morgan fingerprint density at radius 1 is 0.947 bits per heavy atom. The first-order chi connectivity index (χ1) is 18.2. The summed E-state index contributed by atoms with van der Waals surface area (Å²) in [6.45, 7) is 3.83. The third kappa shape index (κ3) is 8.76. The van der Waals surface area contributed by atoms with Crippen LogP contribution in [0.1, 0.15) is 19.4 Å². The van der Waals surface area contributed by atoms with Crippen molar-refractivity contribution in [3.8, 4) is 5.75 Å². The Kier molecular flexibility index (Phi) is 11.0. The van der Waals surface area contributed by atoms with E-state index in [0.717, 1.165) is 10.5 Å². The van der Waals surface area contributed by atoms with Gasteiger partial charge in [-0.15, -0.1) is 0 Å². The van der Waals surface area contributed by atoms with Crippen LogP contribution in [0.2, 0.25) is 0 Å². The first kappa shape index (κ1) is 29.5. The molecule has 3 aromatic carbocycles. The summed E-state index contributed by atoms with van der Waals surface area (Å²) in [5, 5.41) is 13.1. The number of hydrogen-bond acceptors (Lipinski definition) is 7.